The first-order valence-corrected chi connectivity index (χ1v) is 14.4. The van der Waals surface area contributed by atoms with Gasteiger partial charge in [-0.25, -0.2) is 4.98 Å². The van der Waals surface area contributed by atoms with Crippen molar-refractivity contribution in [3.63, 3.8) is 0 Å². The van der Waals surface area contributed by atoms with Crippen molar-refractivity contribution >= 4 is 32.2 Å². The number of rotatable bonds is 8. The Balaban J connectivity index is 2.54. The van der Waals surface area contributed by atoms with E-state index in [1.807, 2.05) is 23.6 Å². The molecule has 4 nitrogen and oxygen atoms in total. The van der Waals surface area contributed by atoms with Gasteiger partial charge in [0.2, 0.25) is 0 Å². The predicted octanol–water partition coefficient (Wildman–Crippen LogP) is 4.67. The topological polar surface area (TPSA) is 53.4 Å². The summed E-state index contributed by atoms with van der Waals surface area (Å²) in [5.41, 5.74) is 0. The lowest BCUT2D eigenvalue weighted by atomic mass is 10.3. The van der Waals surface area contributed by atoms with E-state index < -0.39 is 21.4 Å². The first-order valence-electron chi connectivity index (χ1n) is 8.32. The maximum Gasteiger partial charge on any atom is 0.252 e. The Hall–Kier alpha value is -0.783. The summed E-state index contributed by atoms with van der Waals surface area (Å²) in [6.45, 7) is 9.67. The first-order chi connectivity index (χ1) is 11.3. The lowest BCUT2D eigenvalue weighted by Gasteiger charge is -2.41. The average Bonchev–Trinajstić information content (AvgIpc) is 3.04. The minimum absolute atomic E-state index is 0.505. The second-order valence-electron chi connectivity index (χ2n) is 6.92. The molecule has 24 heavy (non-hydrogen) atoms. The van der Waals surface area contributed by atoms with Crippen molar-refractivity contribution in [3.05, 3.63) is 46.9 Å². The van der Waals surface area contributed by atoms with Gasteiger partial charge in [-0.1, -0.05) is 51.2 Å². The molecule has 2 atom stereocenters. The number of aromatic nitrogens is 1. The molecule has 0 saturated heterocycles. The van der Waals surface area contributed by atoms with Gasteiger partial charge in [0.1, 0.15) is 19.0 Å². The summed E-state index contributed by atoms with van der Waals surface area (Å²) in [6, 6.07) is 9.02. The highest BCUT2D eigenvalue weighted by molar-refractivity contribution is 7.66. The smallest absolute Gasteiger partial charge is 0.252 e. The fourth-order valence-corrected chi connectivity index (χ4v) is 9.04. The summed E-state index contributed by atoms with van der Waals surface area (Å²) >= 11 is 1.47. The van der Waals surface area contributed by atoms with Gasteiger partial charge in [-0.15, -0.1) is 11.3 Å². The van der Waals surface area contributed by atoms with Crippen molar-refractivity contribution in [2.45, 2.75) is 45.2 Å². The van der Waals surface area contributed by atoms with Crippen molar-refractivity contribution in [1.29, 1.82) is 0 Å². The van der Waals surface area contributed by atoms with E-state index in [0.717, 1.165) is 24.4 Å². The molecular weight excluding hydrogens is 355 g/mol. The summed E-state index contributed by atoms with van der Waals surface area (Å²) in [4.78, 5) is 15.6. The van der Waals surface area contributed by atoms with Gasteiger partial charge >= 0.3 is 0 Å². The third-order valence-corrected chi connectivity index (χ3v) is 9.69. The maximum absolute atomic E-state index is 13.6. The van der Waals surface area contributed by atoms with Gasteiger partial charge in [0.05, 0.1) is 0 Å². The monoisotopic (exact) mass is 382 g/mol. The summed E-state index contributed by atoms with van der Waals surface area (Å²) < 4.78 is 15.8. The van der Waals surface area contributed by atoms with Crippen molar-refractivity contribution in [3.8, 4) is 0 Å². The van der Waals surface area contributed by atoms with Crippen LogP contribution in [0.15, 0.2) is 41.9 Å². The second kappa shape index (κ2) is 8.06. The van der Waals surface area contributed by atoms with Crippen LogP contribution in [0.1, 0.15) is 30.6 Å². The summed E-state index contributed by atoms with van der Waals surface area (Å²) in [6.07, 6.45) is 3.80. The Morgan fingerprint density at radius 2 is 1.96 bits per heavy atom. The summed E-state index contributed by atoms with van der Waals surface area (Å²) in [5.74, 6) is -0.557. The van der Waals surface area contributed by atoms with Gasteiger partial charge in [0.25, 0.3) is 7.37 Å². The number of hydrogen-bond acceptors (Lipinski definition) is 4. The molecule has 0 aliphatic heterocycles. The molecular formula is C17H27N2O2PSSi. The lowest BCUT2D eigenvalue weighted by Crippen LogP contribution is -2.49. The molecule has 0 aliphatic rings. The molecule has 2 aromatic rings. The van der Waals surface area contributed by atoms with Crippen LogP contribution in [0.4, 0.5) is 0 Å². The molecule has 2 rings (SSSR count). The Bertz CT molecular complexity index is 674. The van der Waals surface area contributed by atoms with Crippen LogP contribution in [0, 0.1) is 0 Å². The van der Waals surface area contributed by atoms with E-state index in [1.54, 1.807) is 18.3 Å². The molecule has 1 aromatic carbocycles. The molecule has 0 saturated carbocycles. The highest BCUT2D eigenvalue weighted by Gasteiger charge is 2.44. The second-order valence-corrected chi connectivity index (χ2v) is 15.0. The van der Waals surface area contributed by atoms with Crippen molar-refractivity contribution in [1.82, 2.24) is 9.55 Å². The van der Waals surface area contributed by atoms with E-state index in [9.17, 15) is 9.46 Å². The molecule has 0 spiro atoms. The van der Waals surface area contributed by atoms with Gasteiger partial charge < -0.3 is 9.46 Å². The summed E-state index contributed by atoms with van der Waals surface area (Å²) in [7, 11) is -5.45. The van der Waals surface area contributed by atoms with Crippen molar-refractivity contribution < 1.29 is 9.46 Å². The van der Waals surface area contributed by atoms with Crippen LogP contribution < -0.4 is 5.30 Å². The molecule has 2 unspecified atom stereocenters. The summed E-state index contributed by atoms with van der Waals surface area (Å²) in [5, 5.41) is 3.13. The Labute approximate surface area is 150 Å². The highest BCUT2D eigenvalue weighted by atomic mass is 32.1. The van der Waals surface area contributed by atoms with Crippen LogP contribution in [0.5, 0.6) is 0 Å². The first kappa shape index (κ1) is 19.5. The number of benzene rings is 1. The number of thiazole rings is 1. The maximum atomic E-state index is 13.6. The van der Waals surface area contributed by atoms with E-state index in [4.69, 9.17) is 0 Å². The van der Waals surface area contributed by atoms with Crippen molar-refractivity contribution in [2.75, 3.05) is 6.54 Å². The van der Waals surface area contributed by atoms with Crippen LogP contribution >= 0.6 is 18.7 Å². The zero-order valence-corrected chi connectivity index (χ0v) is 17.6. The van der Waals surface area contributed by atoms with E-state index in [1.165, 1.54) is 11.3 Å². The van der Waals surface area contributed by atoms with Crippen LogP contribution in [-0.2, 0) is 4.57 Å². The molecule has 1 heterocycles. The number of hydrogen-bond donors (Lipinski definition) is 1. The fraction of sp³-hybridized carbons (Fsp3) is 0.471. The zero-order valence-electron chi connectivity index (χ0n) is 14.8. The average molecular weight is 383 g/mol. The van der Waals surface area contributed by atoms with Crippen LogP contribution in [0.25, 0.3) is 0 Å². The number of nitrogens with zero attached hydrogens (tertiary/aromatic N) is 2. The minimum atomic E-state index is -3.63. The van der Waals surface area contributed by atoms with Gasteiger partial charge in [0, 0.05) is 16.9 Å². The van der Waals surface area contributed by atoms with Gasteiger partial charge in [-0.2, -0.15) is 0 Å². The van der Waals surface area contributed by atoms with Crippen LogP contribution in [0.2, 0.25) is 19.6 Å². The third kappa shape index (κ3) is 4.44. The van der Waals surface area contributed by atoms with Crippen LogP contribution in [-0.4, -0.2) is 29.2 Å². The van der Waals surface area contributed by atoms with Gasteiger partial charge in [-0.3, -0.25) is 4.57 Å². The molecule has 132 valence electrons. The van der Waals surface area contributed by atoms with E-state index in [-0.39, 0.29) is 0 Å². The largest absolute Gasteiger partial charge is 0.340 e. The quantitative estimate of drug-likeness (QED) is 0.532. The molecule has 0 fully saturated rings. The van der Waals surface area contributed by atoms with Crippen molar-refractivity contribution in [2.24, 2.45) is 0 Å². The zero-order chi connectivity index (χ0) is 17.8. The molecule has 0 radical (unpaired) electrons. The van der Waals surface area contributed by atoms with Gasteiger partial charge in [-0.05, 0) is 25.1 Å². The van der Waals surface area contributed by atoms with Gasteiger partial charge in [0.15, 0.2) is 0 Å². The Morgan fingerprint density at radius 1 is 1.29 bits per heavy atom. The minimum Gasteiger partial charge on any atom is -0.340 e. The lowest BCUT2D eigenvalue weighted by molar-refractivity contribution is 0.352. The highest BCUT2D eigenvalue weighted by Crippen LogP contribution is 2.57. The van der Waals surface area contributed by atoms with Crippen LogP contribution in [0.3, 0.4) is 0 Å². The van der Waals surface area contributed by atoms with E-state index in [2.05, 4.69) is 36.1 Å². The molecule has 0 amide bonds. The predicted molar refractivity (Wildman–Crippen MR) is 106 cm³/mol. The molecule has 0 aliphatic carbocycles. The molecule has 7 heteroatoms. The van der Waals surface area contributed by atoms with E-state index >= 15 is 0 Å². The van der Waals surface area contributed by atoms with E-state index in [0.29, 0.717) is 5.30 Å². The molecule has 0 bridgehead atoms. The molecule has 1 N–H and O–H groups in total. The Morgan fingerprint density at radius 3 is 2.46 bits per heavy atom. The Kier molecular flexibility index (Phi) is 6.57. The number of unbranched alkanes of at least 4 members (excludes halogenated alkanes) is 1. The third-order valence-electron chi connectivity index (χ3n) is 4.04. The standard InChI is InChI=1S/C17H27N2O2PSSi/c1-5-6-13-19(24(2,3)4)17(16-18-12-14-23-16)22(20,21)15-10-8-7-9-11-15/h7-12,14,17H,5-6,13H2,1-4H3,(H,20,21). The SMILES string of the molecule is CCCCN(C(c1nccs1)P(=O)(O)c1ccccc1)[Si](C)(C)C. The fourth-order valence-electron chi connectivity index (χ4n) is 2.77. The molecule has 1 aromatic heterocycles. The normalized spacial score (nSPS) is 16.1.